The van der Waals surface area contributed by atoms with Crippen molar-refractivity contribution in [3.63, 3.8) is 0 Å². The number of likely N-dealkylation sites (tertiary alicyclic amines) is 1. The minimum absolute atomic E-state index is 0.0125. The normalized spacial score (nSPS) is 20.8. The topological polar surface area (TPSA) is 53.6 Å². The predicted octanol–water partition coefficient (Wildman–Crippen LogP) is 7.99. The number of hydrogen-bond donors (Lipinski definition) is 2. The maximum absolute atomic E-state index is 14.7. The second-order valence-electron chi connectivity index (χ2n) is 11.5. The van der Waals surface area contributed by atoms with Crippen molar-refractivity contribution in [3.8, 4) is 17.6 Å². The van der Waals surface area contributed by atoms with Gasteiger partial charge in [0.25, 0.3) is 0 Å². The number of piperidine rings is 1. The highest BCUT2D eigenvalue weighted by Crippen LogP contribution is 2.50. The molecule has 3 aromatic rings. The number of thiophene rings is 1. The van der Waals surface area contributed by atoms with E-state index in [0.29, 0.717) is 46.4 Å². The number of anilines is 2. The van der Waals surface area contributed by atoms with E-state index in [9.17, 15) is 35.3 Å². The number of rotatable bonds is 7. The standard InChI is InChI=1S/C31H33F7N3O2PS/c1-41-14-12-24(23(32)19-41)40-26-8-5-7-21-22(18-30(33,34)35)28(45-29(21)26)9-6-13-39-25-11-10-20(17-27(25)43-31(36,37)38)44(42)15-3-2-4-16-44/h5,7-8,10-11,17,23-24,39-40H,2-4,12-16,18-19H2,1H3/t23-,24+/m1/s1. The largest absolute Gasteiger partial charge is 0.573 e. The molecular formula is C31H33F7N3O2PS. The fourth-order valence-electron chi connectivity index (χ4n) is 5.84. The van der Waals surface area contributed by atoms with Gasteiger partial charge in [-0.05, 0) is 61.5 Å². The molecule has 2 atom stereocenters. The first kappa shape index (κ1) is 33.4. The summed E-state index contributed by atoms with van der Waals surface area (Å²) in [5, 5.41) is 6.62. The molecule has 3 heterocycles. The Balaban J connectivity index is 1.40. The smallest absolute Gasteiger partial charge is 0.404 e. The molecule has 2 saturated heterocycles. The predicted molar refractivity (Wildman–Crippen MR) is 165 cm³/mol. The molecule has 2 fully saturated rings. The number of halogens is 7. The van der Waals surface area contributed by atoms with E-state index in [1.807, 2.05) is 11.9 Å². The minimum Gasteiger partial charge on any atom is -0.404 e. The van der Waals surface area contributed by atoms with Crippen LogP contribution in [0.2, 0.25) is 0 Å². The number of alkyl halides is 7. The van der Waals surface area contributed by atoms with Gasteiger partial charge in [0, 0.05) is 30.7 Å². The second kappa shape index (κ2) is 13.4. The van der Waals surface area contributed by atoms with Crippen molar-refractivity contribution in [3.05, 3.63) is 46.8 Å². The molecular weight excluding hydrogens is 642 g/mol. The highest BCUT2D eigenvalue weighted by Gasteiger charge is 2.35. The summed E-state index contributed by atoms with van der Waals surface area (Å²) < 4.78 is 113. The highest BCUT2D eigenvalue weighted by atomic mass is 32.1. The average molecular weight is 676 g/mol. The summed E-state index contributed by atoms with van der Waals surface area (Å²) in [5.74, 6) is 4.95. The molecule has 0 bridgehead atoms. The van der Waals surface area contributed by atoms with E-state index in [1.165, 1.54) is 12.1 Å². The summed E-state index contributed by atoms with van der Waals surface area (Å²) in [4.78, 5) is 2.04. The molecule has 2 N–H and O–H groups in total. The monoisotopic (exact) mass is 675 g/mol. The number of nitrogens with one attached hydrogen (secondary N) is 2. The van der Waals surface area contributed by atoms with Gasteiger partial charge in [0.2, 0.25) is 0 Å². The van der Waals surface area contributed by atoms with Gasteiger partial charge in [-0.2, -0.15) is 13.2 Å². The van der Waals surface area contributed by atoms with Crippen molar-refractivity contribution < 1.29 is 40.0 Å². The Morgan fingerprint density at radius 1 is 1.07 bits per heavy atom. The number of ether oxygens (including phenoxy) is 1. The van der Waals surface area contributed by atoms with Crippen LogP contribution >= 0.6 is 18.5 Å². The van der Waals surface area contributed by atoms with Crippen LogP contribution in [0.15, 0.2) is 36.4 Å². The molecule has 0 radical (unpaired) electrons. The van der Waals surface area contributed by atoms with E-state index in [-0.39, 0.29) is 29.2 Å². The molecule has 45 heavy (non-hydrogen) atoms. The Morgan fingerprint density at radius 2 is 1.82 bits per heavy atom. The molecule has 5 rings (SSSR count). The maximum atomic E-state index is 14.7. The van der Waals surface area contributed by atoms with E-state index >= 15 is 0 Å². The summed E-state index contributed by atoms with van der Waals surface area (Å²) >= 11 is 1.05. The molecule has 2 aromatic carbocycles. The SMILES string of the molecule is CN1CC[C@H](Nc2cccc3c(CC(F)(F)F)c(C#CCNc4ccc(P5(=O)CCCCC5)cc4OC(F)(F)F)sc23)[C@H](F)C1. The molecule has 14 heteroatoms. The van der Waals surface area contributed by atoms with Gasteiger partial charge in [0.15, 0.2) is 5.75 Å². The van der Waals surface area contributed by atoms with Crippen molar-refractivity contribution in [2.24, 2.45) is 0 Å². The highest BCUT2D eigenvalue weighted by molar-refractivity contribution is 7.71. The van der Waals surface area contributed by atoms with Crippen LogP contribution in [-0.4, -0.2) is 68.7 Å². The molecule has 244 valence electrons. The van der Waals surface area contributed by atoms with Gasteiger partial charge in [0.05, 0.1) is 40.0 Å². The van der Waals surface area contributed by atoms with Crippen molar-refractivity contribution in [2.45, 2.75) is 56.9 Å². The van der Waals surface area contributed by atoms with Crippen LogP contribution in [0.5, 0.6) is 5.75 Å². The first-order chi connectivity index (χ1) is 21.2. The van der Waals surface area contributed by atoms with Crippen LogP contribution in [-0.2, 0) is 11.0 Å². The quantitative estimate of drug-likeness (QED) is 0.151. The first-order valence-electron chi connectivity index (χ1n) is 14.6. The van der Waals surface area contributed by atoms with Gasteiger partial charge >= 0.3 is 12.5 Å². The molecule has 1 aromatic heterocycles. The second-order valence-corrected chi connectivity index (χ2v) is 15.7. The van der Waals surface area contributed by atoms with Gasteiger partial charge < -0.3 is 24.8 Å². The van der Waals surface area contributed by atoms with Crippen molar-refractivity contribution >= 4 is 45.2 Å². The van der Waals surface area contributed by atoms with Crippen molar-refractivity contribution in [1.82, 2.24) is 4.90 Å². The van der Waals surface area contributed by atoms with Crippen LogP contribution in [0.1, 0.15) is 36.1 Å². The van der Waals surface area contributed by atoms with E-state index in [0.717, 1.165) is 36.7 Å². The van der Waals surface area contributed by atoms with Crippen LogP contribution in [0.4, 0.5) is 42.1 Å². The zero-order valence-corrected chi connectivity index (χ0v) is 26.2. The third-order valence-electron chi connectivity index (χ3n) is 8.05. The van der Waals surface area contributed by atoms with Crippen LogP contribution in [0.3, 0.4) is 0 Å². The first-order valence-corrected chi connectivity index (χ1v) is 17.5. The lowest BCUT2D eigenvalue weighted by Crippen LogP contribution is -2.46. The number of nitrogens with zero attached hydrogens (tertiary/aromatic N) is 1. The van der Waals surface area contributed by atoms with Crippen molar-refractivity contribution in [1.29, 1.82) is 0 Å². The number of benzene rings is 2. The summed E-state index contributed by atoms with van der Waals surface area (Å²) in [5.41, 5.74) is 0.475. The summed E-state index contributed by atoms with van der Waals surface area (Å²) in [7, 11) is -1.01. The lowest BCUT2D eigenvalue weighted by Gasteiger charge is -2.33. The van der Waals surface area contributed by atoms with Gasteiger partial charge in [-0.3, -0.25) is 0 Å². The summed E-state index contributed by atoms with van der Waals surface area (Å²) in [6, 6.07) is 8.45. The van der Waals surface area contributed by atoms with Crippen molar-refractivity contribution in [2.75, 3.05) is 49.6 Å². The molecule has 2 aliphatic heterocycles. The Bertz CT molecular complexity index is 1620. The molecule has 0 aliphatic carbocycles. The molecule has 0 amide bonds. The van der Waals surface area contributed by atoms with Gasteiger partial charge in [-0.1, -0.05) is 30.4 Å². The third kappa shape index (κ3) is 8.46. The van der Waals surface area contributed by atoms with Crippen LogP contribution in [0.25, 0.3) is 10.1 Å². The molecule has 2 aliphatic rings. The number of hydrogen-bond acceptors (Lipinski definition) is 6. The van der Waals surface area contributed by atoms with Gasteiger partial charge in [-0.15, -0.1) is 24.5 Å². The third-order valence-corrected chi connectivity index (χ3v) is 12.5. The Morgan fingerprint density at radius 3 is 2.51 bits per heavy atom. The van der Waals surface area contributed by atoms with E-state index in [2.05, 4.69) is 27.2 Å². The Kier molecular flexibility index (Phi) is 9.97. The lowest BCUT2D eigenvalue weighted by atomic mass is 10.0. The number of fused-ring (bicyclic) bond motifs is 1. The fourth-order valence-corrected chi connectivity index (χ4v) is 9.92. The van der Waals surface area contributed by atoms with E-state index in [1.54, 1.807) is 18.2 Å². The average Bonchev–Trinajstić information content (AvgIpc) is 3.29. The molecule has 0 spiro atoms. The van der Waals surface area contributed by atoms with E-state index in [4.69, 9.17) is 0 Å². The fraction of sp³-hybridized carbons (Fsp3) is 0.484. The lowest BCUT2D eigenvalue weighted by molar-refractivity contribution is -0.274. The van der Waals surface area contributed by atoms with Gasteiger partial charge in [0.1, 0.15) is 13.3 Å². The summed E-state index contributed by atoms with van der Waals surface area (Å²) in [6.07, 6.45) is -8.10. The molecule has 0 unspecified atom stereocenters. The zero-order chi connectivity index (χ0) is 32.4. The summed E-state index contributed by atoms with van der Waals surface area (Å²) in [6.45, 7) is 0.730. The molecule has 0 saturated carbocycles. The Hall–Kier alpha value is -2.94. The molecule has 5 nitrogen and oxygen atoms in total. The van der Waals surface area contributed by atoms with E-state index < -0.39 is 44.1 Å². The van der Waals surface area contributed by atoms with Crippen LogP contribution in [0, 0.1) is 11.8 Å². The van der Waals surface area contributed by atoms with Crippen LogP contribution < -0.4 is 20.7 Å². The van der Waals surface area contributed by atoms with Gasteiger partial charge in [-0.25, -0.2) is 4.39 Å². The Labute approximate surface area is 260 Å². The zero-order valence-electron chi connectivity index (χ0n) is 24.5. The maximum Gasteiger partial charge on any atom is 0.573 e. The minimum atomic E-state index is -4.99.